The second kappa shape index (κ2) is 6.77. The average molecular weight is 328 g/mol. The Kier molecular flexibility index (Phi) is 4.54. The summed E-state index contributed by atoms with van der Waals surface area (Å²) in [6.07, 6.45) is -1.02. The van der Waals surface area contributed by atoms with Crippen molar-refractivity contribution >= 4 is 11.6 Å². The Morgan fingerprint density at radius 2 is 1.83 bits per heavy atom. The van der Waals surface area contributed by atoms with Crippen LogP contribution in [0.1, 0.15) is 29.1 Å². The number of carbonyl (C=O) groups is 1. The fourth-order valence-electron chi connectivity index (χ4n) is 2.42. The molecule has 24 heavy (non-hydrogen) atoms. The van der Waals surface area contributed by atoms with Crippen LogP contribution in [0.5, 0.6) is 0 Å². The Bertz CT molecular complexity index is 732. The number of ether oxygens (including phenoxy) is 1. The van der Waals surface area contributed by atoms with Gasteiger partial charge in [0.1, 0.15) is 0 Å². The molecule has 1 fully saturated rings. The fourth-order valence-corrected chi connectivity index (χ4v) is 2.42. The van der Waals surface area contributed by atoms with E-state index in [0.717, 1.165) is 0 Å². The highest BCUT2D eigenvalue weighted by molar-refractivity contribution is 5.93. The molecule has 0 spiro atoms. The van der Waals surface area contributed by atoms with Gasteiger partial charge in [-0.05, 0) is 31.2 Å². The topological polar surface area (TPSA) is 81.9 Å². The summed E-state index contributed by atoms with van der Waals surface area (Å²) in [4.78, 5) is 28.4. The largest absolute Gasteiger partial charge is 0.342 e. The minimum absolute atomic E-state index is 0.0141. The third-order valence-electron chi connectivity index (χ3n) is 3.63. The molecule has 1 heterocycles. The second-order valence-corrected chi connectivity index (χ2v) is 5.46. The van der Waals surface area contributed by atoms with E-state index < -0.39 is 11.2 Å². The van der Waals surface area contributed by atoms with E-state index in [9.17, 15) is 14.9 Å². The van der Waals surface area contributed by atoms with E-state index in [1.54, 1.807) is 36.4 Å². The van der Waals surface area contributed by atoms with Crippen LogP contribution in [-0.4, -0.2) is 28.5 Å². The molecule has 7 nitrogen and oxygen atoms in total. The van der Waals surface area contributed by atoms with Crippen LogP contribution in [-0.2, 0) is 9.57 Å². The SMILES string of the molecule is C[C@H]1CN(C(=O)c2ccccc2)O[C@@H](c2ccc([N+](=O)[O-])cc2)O1. The molecule has 0 N–H and O–H groups in total. The summed E-state index contributed by atoms with van der Waals surface area (Å²) in [5.41, 5.74) is 1.12. The standard InChI is InChI=1S/C17H16N2O5/c1-12-11-18(16(20)13-5-3-2-4-6-13)24-17(23-12)14-7-9-15(10-8-14)19(21)22/h2-10,12,17H,11H2,1H3/t12-,17-/m0/s1. The van der Waals surface area contributed by atoms with Crippen molar-refractivity contribution in [2.45, 2.75) is 19.3 Å². The minimum atomic E-state index is -0.790. The first kappa shape index (κ1) is 16.1. The summed E-state index contributed by atoms with van der Waals surface area (Å²) in [6, 6.07) is 14.7. The molecule has 0 unspecified atom stereocenters. The van der Waals surface area contributed by atoms with Crippen molar-refractivity contribution in [3.8, 4) is 0 Å². The van der Waals surface area contributed by atoms with E-state index in [0.29, 0.717) is 17.7 Å². The van der Waals surface area contributed by atoms with Crippen molar-refractivity contribution in [1.29, 1.82) is 0 Å². The Hall–Kier alpha value is -2.77. The predicted molar refractivity (Wildman–Crippen MR) is 84.9 cm³/mol. The molecule has 1 aliphatic rings. The molecule has 124 valence electrons. The van der Waals surface area contributed by atoms with Gasteiger partial charge >= 0.3 is 0 Å². The van der Waals surface area contributed by atoms with Crippen LogP contribution in [0.2, 0.25) is 0 Å². The van der Waals surface area contributed by atoms with Crippen LogP contribution < -0.4 is 0 Å². The summed E-state index contributed by atoms with van der Waals surface area (Å²) in [7, 11) is 0. The van der Waals surface area contributed by atoms with Crippen LogP contribution >= 0.6 is 0 Å². The van der Waals surface area contributed by atoms with Crippen LogP contribution in [0.4, 0.5) is 5.69 Å². The van der Waals surface area contributed by atoms with Crippen molar-refractivity contribution < 1.29 is 19.3 Å². The molecule has 1 saturated heterocycles. The minimum Gasteiger partial charge on any atom is -0.342 e. The lowest BCUT2D eigenvalue weighted by atomic mass is 10.2. The maximum atomic E-state index is 12.5. The van der Waals surface area contributed by atoms with E-state index in [1.807, 2.05) is 13.0 Å². The number of nitrogens with zero attached hydrogens (tertiary/aromatic N) is 2. The maximum absolute atomic E-state index is 12.5. The van der Waals surface area contributed by atoms with Crippen molar-refractivity contribution in [3.63, 3.8) is 0 Å². The zero-order chi connectivity index (χ0) is 17.1. The molecule has 0 aromatic heterocycles. The quantitative estimate of drug-likeness (QED) is 0.639. The normalized spacial score (nSPS) is 20.6. The van der Waals surface area contributed by atoms with Crippen molar-refractivity contribution in [3.05, 3.63) is 75.8 Å². The van der Waals surface area contributed by atoms with Crippen LogP contribution in [0.3, 0.4) is 0 Å². The molecule has 7 heteroatoms. The third kappa shape index (κ3) is 3.42. The molecule has 2 aromatic rings. The zero-order valence-electron chi connectivity index (χ0n) is 13.0. The van der Waals surface area contributed by atoms with Gasteiger partial charge in [0.15, 0.2) is 0 Å². The summed E-state index contributed by atoms with van der Waals surface area (Å²) in [5.74, 6) is -0.252. The van der Waals surface area contributed by atoms with Crippen LogP contribution in [0, 0.1) is 10.1 Å². The molecule has 0 bridgehead atoms. The summed E-state index contributed by atoms with van der Waals surface area (Å²) >= 11 is 0. The zero-order valence-corrected chi connectivity index (χ0v) is 13.0. The Morgan fingerprint density at radius 3 is 2.46 bits per heavy atom. The number of benzene rings is 2. The monoisotopic (exact) mass is 328 g/mol. The number of amides is 1. The molecule has 1 aliphatic heterocycles. The number of nitro groups is 1. The number of hydrogen-bond donors (Lipinski definition) is 0. The maximum Gasteiger partial charge on any atom is 0.277 e. The smallest absolute Gasteiger partial charge is 0.277 e. The van der Waals surface area contributed by atoms with Gasteiger partial charge < -0.3 is 4.74 Å². The van der Waals surface area contributed by atoms with Gasteiger partial charge in [0.05, 0.1) is 17.6 Å². The molecular formula is C17H16N2O5. The van der Waals surface area contributed by atoms with Crippen molar-refractivity contribution in [1.82, 2.24) is 5.06 Å². The number of hydrogen-bond acceptors (Lipinski definition) is 5. The first-order valence-corrected chi connectivity index (χ1v) is 7.48. The van der Waals surface area contributed by atoms with Gasteiger partial charge in [0.25, 0.3) is 11.6 Å². The Balaban J connectivity index is 1.78. The molecule has 3 rings (SSSR count). The molecule has 0 radical (unpaired) electrons. The van der Waals surface area contributed by atoms with Crippen molar-refractivity contribution in [2.75, 3.05) is 6.54 Å². The highest BCUT2D eigenvalue weighted by atomic mass is 16.8. The van der Waals surface area contributed by atoms with Gasteiger partial charge in [-0.15, -0.1) is 0 Å². The molecule has 2 aromatic carbocycles. The lowest BCUT2D eigenvalue weighted by Crippen LogP contribution is -2.44. The van der Waals surface area contributed by atoms with Gasteiger partial charge in [-0.2, -0.15) is 0 Å². The molecule has 2 atom stereocenters. The number of hydroxylamine groups is 2. The third-order valence-corrected chi connectivity index (χ3v) is 3.63. The number of non-ortho nitro benzene ring substituents is 1. The molecule has 1 amide bonds. The van der Waals surface area contributed by atoms with Crippen LogP contribution in [0.15, 0.2) is 54.6 Å². The van der Waals surface area contributed by atoms with Gasteiger partial charge in [-0.1, -0.05) is 18.2 Å². The highest BCUT2D eigenvalue weighted by Gasteiger charge is 2.31. The van der Waals surface area contributed by atoms with Gasteiger partial charge in [-0.25, -0.2) is 9.90 Å². The number of carbonyl (C=O) groups excluding carboxylic acids is 1. The molecule has 0 saturated carbocycles. The summed E-state index contributed by atoms with van der Waals surface area (Å²) < 4.78 is 5.70. The lowest BCUT2D eigenvalue weighted by molar-refractivity contribution is -0.385. The fraction of sp³-hybridized carbons (Fsp3) is 0.235. The van der Waals surface area contributed by atoms with E-state index in [-0.39, 0.29) is 17.7 Å². The molecule has 0 aliphatic carbocycles. The van der Waals surface area contributed by atoms with Gasteiger partial charge in [-0.3, -0.25) is 14.9 Å². The van der Waals surface area contributed by atoms with E-state index in [2.05, 4.69) is 0 Å². The average Bonchev–Trinajstić information content (AvgIpc) is 2.61. The summed E-state index contributed by atoms with van der Waals surface area (Å²) in [5, 5.41) is 12.0. The Morgan fingerprint density at radius 1 is 1.17 bits per heavy atom. The van der Waals surface area contributed by atoms with E-state index >= 15 is 0 Å². The first-order valence-electron chi connectivity index (χ1n) is 7.48. The van der Waals surface area contributed by atoms with E-state index in [4.69, 9.17) is 9.57 Å². The molecular weight excluding hydrogens is 312 g/mol. The van der Waals surface area contributed by atoms with Crippen molar-refractivity contribution in [2.24, 2.45) is 0 Å². The predicted octanol–water partition coefficient (Wildman–Crippen LogP) is 3.09. The lowest BCUT2D eigenvalue weighted by Gasteiger charge is -2.36. The van der Waals surface area contributed by atoms with Gasteiger partial charge in [0, 0.05) is 23.3 Å². The number of rotatable bonds is 3. The van der Waals surface area contributed by atoms with Crippen LogP contribution in [0.25, 0.3) is 0 Å². The second-order valence-electron chi connectivity index (χ2n) is 5.46. The van der Waals surface area contributed by atoms with Gasteiger partial charge in [0.2, 0.25) is 6.29 Å². The van der Waals surface area contributed by atoms with E-state index in [1.165, 1.54) is 17.2 Å². The number of nitro benzene ring substituents is 1. The first-order chi connectivity index (χ1) is 11.5. The highest BCUT2D eigenvalue weighted by Crippen LogP contribution is 2.28. The Labute approximate surface area is 138 Å². The summed E-state index contributed by atoms with van der Waals surface area (Å²) in [6.45, 7) is 2.14.